The molecule has 33 heavy (non-hydrogen) atoms. The van der Waals surface area contributed by atoms with Gasteiger partial charge in [0.05, 0.1) is 24.7 Å². The number of nitrogens with zero attached hydrogens (tertiary/aromatic N) is 8. The number of aromatic nitrogens is 8. The molecule has 0 N–H and O–H groups in total. The van der Waals surface area contributed by atoms with E-state index in [2.05, 4.69) is 30.2 Å². The van der Waals surface area contributed by atoms with Crippen molar-refractivity contribution in [3.8, 4) is 22.8 Å². The zero-order valence-corrected chi connectivity index (χ0v) is 18.5. The van der Waals surface area contributed by atoms with Crippen molar-refractivity contribution in [1.29, 1.82) is 0 Å². The SMILES string of the molecule is CCC(c1cn(-c2ccccc2F)nn1)n1cc(-c2nccnc2OC)c2c(Cl)ncnc21. The van der Waals surface area contributed by atoms with Gasteiger partial charge in [0.15, 0.2) is 0 Å². The van der Waals surface area contributed by atoms with E-state index in [0.717, 1.165) is 0 Å². The molecule has 5 rings (SSSR count). The zero-order chi connectivity index (χ0) is 22.9. The van der Waals surface area contributed by atoms with Crippen molar-refractivity contribution < 1.29 is 9.13 Å². The van der Waals surface area contributed by atoms with E-state index in [1.807, 2.05) is 17.7 Å². The van der Waals surface area contributed by atoms with Crippen LogP contribution in [-0.2, 0) is 0 Å². The second-order valence-corrected chi connectivity index (χ2v) is 7.55. The minimum atomic E-state index is -0.384. The molecule has 5 aromatic rings. The summed E-state index contributed by atoms with van der Waals surface area (Å²) in [5.74, 6) is -0.0278. The monoisotopic (exact) mass is 464 g/mol. The van der Waals surface area contributed by atoms with Crippen LogP contribution in [0.4, 0.5) is 4.39 Å². The summed E-state index contributed by atoms with van der Waals surface area (Å²) in [5.41, 5.74) is 2.76. The summed E-state index contributed by atoms with van der Waals surface area (Å²) in [6.45, 7) is 2.02. The van der Waals surface area contributed by atoms with Crippen LogP contribution in [0.5, 0.6) is 5.88 Å². The van der Waals surface area contributed by atoms with Gasteiger partial charge in [0.25, 0.3) is 0 Å². The van der Waals surface area contributed by atoms with Gasteiger partial charge in [-0.2, -0.15) is 0 Å². The molecule has 9 nitrogen and oxygen atoms in total. The van der Waals surface area contributed by atoms with Crippen molar-refractivity contribution in [3.63, 3.8) is 0 Å². The molecule has 0 bridgehead atoms. The molecule has 0 aliphatic carbocycles. The summed E-state index contributed by atoms with van der Waals surface area (Å²) in [5, 5.41) is 9.37. The van der Waals surface area contributed by atoms with E-state index in [-0.39, 0.29) is 17.0 Å². The standard InChI is InChI=1S/C22H18ClFN8O/c1-3-16(15-11-32(30-29-15)17-7-5-4-6-14(17)24)31-10-13(18-20(23)27-12-28-21(18)31)19-22(33-2)26-9-8-25-19/h4-12,16H,3H2,1-2H3. The number of ether oxygens (including phenoxy) is 1. The van der Waals surface area contributed by atoms with E-state index >= 15 is 0 Å². The van der Waals surface area contributed by atoms with Crippen LogP contribution in [0.25, 0.3) is 28.0 Å². The van der Waals surface area contributed by atoms with Crippen LogP contribution < -0.4 is 4.74 Å². The first-order valence-corrected chi connectivity index (χ1v) is 10.5. The van der Waals surface area contributed by atoms with E-state index in [1.165, 1.54) is 24.2 Å². The Morgan fingerprint density at radius 1 is 1.09 bits per heavy atom. The average Bonchev–Trinajstić information content (AvgIpc) is 3.47. The maximum Gasteiger partial charge on any atom is 0.240 e. The minimum absolute atomic E-state index is 0.254. The summed E-state index contributed by atoms with van der Waals surface area (Å²) in [7, 11) is 1.53. The van der Waals surface area contributed by atoms with Gasteiger partial charge >= 0.3 is 0 Å². The molecule has 0 aliphatic rings. The fourth-order valence-corrected chi connectivity index (χ4v) is 4.09. The normalized spacial score (nSPS) is 12.2. The Morgan fingerprint density at radius 3 is 2.70 bits per heavy atom. The number of fused-ring (bicyclic) bond motifs is 1. The summed E-state index contributed by atoms with van der Waals surface area (Å²) >= 11 is 6.49. The lowest BCUT2D eigenvalue weighted by Gasteiger charge is -2.15. The molecule has 0 radical (unpaired) electrons. The number of rotatable bonds is 6. The lowest BCUT2D eigenvalue weighted by molar-refractivity contribution is 0.398. The third kappa shape index (κ3) is 3.58. The molecule has 1 unspecified atom stereocenters. The van der Waals surface area contributed by atoms with Gasteiger partial charge in [-0.05, 0) is 18.6 Å². The second-order valence-electron chi connectivity index (χ2n) is 7.19. The number of methoxy groups -OCH3 is 1. The Morgan fingerprint density at radius 2 is 1.91 bits per heavy atom. The van der Waals surface area contributed by atoms with Crippen LogP contribution in [0.1, 0.15) is 25.1 Å². The van der Waals surface area contributed by atoms with Crippen molar-refractivity contribution in [3.05, 3.63) is 72.0 Å². The number of hydrogen-bond donors (Lipinski definition) is 0. The Labute approximate surface area is 192 Å². The molecule has 0 saturated heterocycles. The molecule has 0 saturated carbocycles. The number of para-hydroxylation sites is 1. The highest BCUT2D eigenvalue weighted by atomic mass is 35.5. The highest BCUT2D eigenvalue weighted by Gasteiger charge is 2.25. The first-order valence-electron chi connectivity index (χ1n) is 10.2. The lowest BCUT2D eigenvalue weighted by atomic mass is 10.1. The Hall–Kier alpha value is -3.92. The number of benzene rings is 1. The Bertz CT molecular complexity index is 1450. The molecule has 0 spiro atoms. The first kappa shape index (κ1) is 21.0. The van der Waals surface area contributed by atoms with Crippen molar-refractivity contribution in [1.82, 2.24) is 39.5 Å². The summed E-state index contributed by atoms with van der Waals surface area (Å²) in [6.07, 6.45) is 8.80. The Balaban J connectivity index is 1.67. The predicted octanol–water partition coefficient (Wildman–Crippen LogP) is 4.27. The first-order chi connectivity index (χ1) is 16.1. The molecule has 1 atom stereocenters. The summed E-state index contributed by atoms with van der Waals surface area (Å²) in [6, 6.07) is 6.15. The fraction of sp³-hybridized carbons (Fsp3) is 0.182. The van der Waals surface area contributed by atoms with Gasteiger partial charge in [0, 0.05) is 24.2 Å². The zero-order valence-electron chi connectivity index (χ0n) is 17.7. The summed E-state index contributed by atoms with van der Waals surface area (Å²) < 4.78 is 23.0. The number of halogens is 2. The molecular formula is C22H18ClFN8O. The average molecular weight is 465 g/mol. The molecule has 11 heteroatoms. The molecule has 1 aromatic carbocycles. The fourth-order valence-electron chi connectivity index (χ4n) is 3.86. The van der Waals surface area contributed by atoms with Crippen molar-refractivity contribution >= 4 is 22.6 Å². The van der Waals surface area contributed by atoms with Crippen LogP contribution >= 0.6 is 11.6 Å². The van der Waals surface area contributed by atoms with Crippen LogP contribution in [0.2, 0.25) is 5.15 Å². The third-order valence-electron chi connectivity index (χ3n) is 5.35. The quantitative estimate of drug-likeness (QED) is 0.346. The Kier molecular flexibility index (Phi) is 5.43. The molecule has 0 amide bonds. The molecular weight excluding hydrogens is 447 g/mol. The molecule has 4 heterocycles. The molecule has 0 aliphatic heterocycles. The second kappa shape index (κ2) is 8.55. The van der Waals surface area contributed by atoms with E-state index in [4.69, 9.17) is 16.3 Å². The molecule has 4 aromatic heterocycles. The van der Waals surface area contributed by atoms with Crippen LogP contribution in [0.15, 0.2) is 55.4 Å². The van der Waals surface area contributed by atoms with Gasteiger partial charge in [0.2, 0.25) is 5.88 Å². The van der Waals surface area contributed by atoms with Crippen LogP contribution in [-0.4, -0.2) is 46.6 Å². The highest BCUT2D eigenvalue weighted by Crippen LogP contribution is 2.38. The van der Waals surface area contributed by atoms with Gasteiger partial charge in [-0.15, -0.1) is 5.10 Å². The smallest absolute Gasteiger partial charge is 0.240 e. The van der Waals surface area contributed by atoms with Gasteiger partial charge in [0.1, 0.15) is 40.0 Å². The largest absolute Gasteiger partial charge is 0.479 e. The maximum atomic E-state index is 14.3. The van der Waals surface area contributed by atoms with Crippen molar-refractivity contribution in [2.45, 2.75) is 19.4 Å². The lowest BCUT2D eigenvalue weighted by Crippen LogP contribution is -2.10. The van der Waals surface area contributed by atoms with Crippen molar-refractivity contribution in [2.24, 2.45) is 0 Å². The summed E-state index contributed by atoms with van der Waals surface area (Å²) in [4.78, 5) is 17.3. The molecule has 0 fully saturated rings. The minimum Gasteiger partial charge on any atom is -0.479 e. The van der Waals surface area contributed by atoms with E-state index in [1.54, 1.807) is 36.8 Å². The molecule has 166 valence electrons. The van der Waals surface area contributed by atoms with Gasteiger partial charge in [-0.3, -0.25) is 0 Å². The van der Waals surface area contributed by atoms with Gasteiger partial charge in [-0.1, -0.05) is 35.9 Å². The van der Waals surface area contributed by atoms with Crippen molar-refractivity contribution in [2.75, 3.05) is 7.11 Å². The third-order valence-corrected chi connectivity index (χ3v) is 5.64. The topological polar surface area (TPSA) is 96.4 Å². The van der Waals surface area contributed by atoms with E-state index < -0.39 is 0 Å². The van der Waals surface area contributed by atoms with Gasteiger partial charge in [-0.25, -0.2) is 29.0 Å². The van der Waals surface area contributed by atoms with Gasteiger partial charge < -0.3 is 9.30 Å². The van der Waals surface area contributed by atoms with E-state index in [0.29, 0.717) is 46.0 Å². The van der Waals surface area contributed by atoms with Crippen LogP contribution in [0.3, 0.4) is 0 Å². The van der Waals surface area contributed by atoms with E-state index in [9.17, 15) is 4.39 Å². The predicted molar refractivity (Wildman–Crippen MR) is 120 cm³/mol. The highest BCUT2D eigenvalue weighted by molar-refractivity contribution is 6.35. The number of hydrogen-bond acceptors (Lipinski definition) is 7. The maximum absolute atomic E-state index is 14.3. The van der Waals surface area contributed by atoms with Crippen LogP contribution in [0, 0.1) is 5.82 Å².